The summed E-state index contributed by atoms with van der Waals surface area (Å²) in [6.07, 6.45) is 0. The fourth-order valence-corrected chi connectivity index (χ4v) is 3.85. The SMILES string of the molecule is COc1ccc(C2Sc3ccccc3N(CCO)C(=O)C2=O)cc1. The molecule has 1 heterocycles. The maximum atomic E-state index is 12.7. The number of hydrogen-bond donors (Lipinski definition) is 1. The number of aliphatic hydroxyl groups excluding tert-OH is 1. The van der Waals surface area contributed by atoms with Crippen LogP contribution in [-0.4, -0.2) is 37.1 Å². The van der Waals surface area contributed by atoms with Gasteiger partial charge >= 0.3 is 0 Å². The molecular weight excluding hydrogens is 326 g/mol. The van der Waals surface area contributed by atoms with Crippen molar-refractivity contribution in [1.29, 1.82) is 0 Å². The number of ketones is 1. The molecule has 1 aliphatic rings. The van der Waals surface area contributed by atoms with Crippen LogP contribution < -0.4 is 9.64 Å². The fraction of sp³-hybridized carbons (Fsp3) is 0.222. The lowest BCUT2D eigenvalue weighted by Gasteiger charge is -2.20. The third kappa shape index (κ3) is 3.02. The van der Waals surface area contributed by atoms with Gasteiger partial charge in [0.25, 0.3) is 5.91 Å². The zero-order valence-corrected chi connectivity index (χ0v) is 14.0. The minimum atomic E-state index is -0.617. The molecule has 0 aromatic heterocycles. The van der Waals surface area contributed by atoms with Crippen LogP contribution in [-0.2, 0) is 9.59 Å². The Kier molecular flexibility index (Phi) is 4.87. The molecule has 24 heavy (non-hydrogen) atoms. The van der Waals surface area contributed by atoms with E-state index in [1.807, 2.05) is 18.2 Å². The molecule has 6 heteroatoms. The monoisotopic (exact) mass is 343 g/mol. The van der Waals surface area contributed by atoms with Crippen LogP contribution >= 0.6 is 11.8 Å². The molecule has 1 unspecified atom stereocenters. The average molecular weight is 343 g/mol. The van der Waals surface area contributed by atoms with E-state index in [1.165, 1.54) is 16.7 Å². The van der Waals surface area contributed by atoms with Crippen molar-refractivity contribution in [2.45, 2.75) is 10.1 Å². The van der Waals surface area contributed by atoms with E-state index < -0.39 is 16.9 Å². The summed E-state index contributed by atoms with van der Waals surface area (Å²) in [7, 11) is 1.58. The maximum Gasteiger partial charge on any atom is 0.296 e. The number of anilines is 1. The van der Waals surface area contributed by atoms with Gasteiger partial charge in [0, 0.05) is 11.4 Å². The first-order valence-electron chi connectivity index (χ1n) is 7.52. The van der Waals surface area contributed by atoms with E-state index in [9.17, 15) is 14.7 Å². The number of carbonyl (C=O) groups excluding carboxylic acids is 2. The zero-order chi connectivity index (χ0) is 17.1. The summed E-state index contributed by atoms with van der Waals surface area (Å²) in [6.45, 7) is -0.108. The van der Waals surface area contributed by atoms with Crippen molar-refractivity contribution in [1.82, 2.24) is 0 Å². The average Bonchev–Trinajstić information content (AvgIpc) is 2.73. The summed E-state index contributed by atoms with van der Waals surface area (Å²) >= 11 is 1.35. The van der Waals surface area contributed by atoms with Gasteiger partial charge in [-0.3, -0.25) is 9.59 Å². The van der Waals surface area contributed by atoms with E-state index in [0.29, 0.717) is 11.4 Å². The second-order valence-electron chi connectivity index (χ2n) is 5.28. The minimum Gasteiger partial charge on any atom is -0.497 e. The number of ether oxygens (including phenoxy) is 1. The first-order valence-corrected chi connectivity index (χ1v) is 8.40. The molecule has 1 N–H and O–H groups in total. The quantitative estimate of drug-likeness (QED) is 0.864. The lowest BCUT2D eigenvalue weighted by Crippen LogP contribution is -2.39. The van der Waals surface area contributed by atoms with Gasteiger partial charge in [0.05, 0.1) is 19.4 Å². The maximum absolute atomic E-state index is 12.7. The van der Waals surface area contributed by atoms with Crippen molar-refractivity contribution in [3.63, 3.8) is 0 Å². The number of nitrogens with zero attached hydrogens (tertiary/aromatic N) is 1. The molecule has 5 nitrogen and oxygen atoms in total. The van der Waals surface area contributed by atoms with Gasteiger partial charge in [0.2, 0.25) is 5.78 Å². The first-order chi connectivity index (χ1) is 11.7. The first kappa shape index (κ1) is 16.5. The number of fused-ring (bicyclic) bond motifs is 1. The van der Waals surface area contributed by atoms with Crippen LogP contribution in [0.5, 0.6) is 5.75 Å². The van der Waals surface area contributed by atoms with Gasteiger partial charge in [0.1, 0.15) is 11.0 Å². The molecule has 0 spiro atoms. The second-order valence-corrected chi connectivity index (χ2v) is 6.43. The molecule has 0 aliphatic carbocycles. The number of carbonyl (C=O) groups is 2. The molecule has 2 aromatic carbocycles. The molecule has 0 bridgehead atoms. The smallest absolute Gasteiger partial charge is 0.296 e. The van der Waals surface area contributed by atoms with E-state index in [-0.39, 0.29) is 13.2 Å². The third-order valence-corrected chi connectivity index (χ3v) is 5.16. The van der Waals surface area contributed by atoms with Crippen molar-refractivity contribution in [2.75, 3.05) is 25.2 Å². The van der Waals surface area contributed by atoms with Crippen molar-refractivity contribution in [2.24, 2.45) is 0 Å². The van der Waals surface area contributed by atoms with Crippen LogP contribution in [0.25, 0.3) is 0 Å². The lowest BCUT2D eigenvalue weighted by atomic mass is 10.1. The summed E-state index contributed by atoms with van der Waals surface area (Å²) in [4.78, 5) is 27.6. The van der Waals surface area contributed by atoms with Crippen LogP contribution in [0.4, 0.5) is 5.69 Å². The highest BCUT2D eigenvalue weighted by molar-refractivity contribution is 8.00. The van der Waals surface area contributed by atoms with Gasteiger partial charge < -0.3 is 14.7 Å². The van der Waals surface area contributed by atoms with Crippen LogP contribution in [0.2, 0.25) is 0 Å². The molecule has 0 saturated heterocycles. The summed E-state index contributed by atoms with van der Waals surface area (Å²) in [5, 5.41) is 8.64. The number of rotatable bonds is 4. The number of amides is 1. The third-order valence-electron chi connectivity index (χ3n) is 3.84. The van der Waals surface area contributed by atoms with Crippen LogP contribution in [0.3, 0.4) is 0 Å². The molecule has 1 atom stereocenters. The lowest BCUT2D eigenvalue weighted by molar-refractivity contribution is -0.136. The van der Waals surface area contributed by atoms with Gasteiger partial charge in [-0.25, -0.2) is 0 Å². The number of methoxy groups -OCH3 is 1. The Labute approximate surface area is 144 Å². The molecule has 0 fully saturated rings. The number of thioether (sulfide) groups is 1. The van der Waals surface area contributed by atoms with Crippen molar-refractivity contribution >= 4 is 29.1 Å². The highest BCUT2D eigenvalue weighted by Gasteiger charge is 2.36. The van der Waals surface area contributed by atoms with E-state index in [4.69, 9.17) is 4.74 Å². The normalized spacial score (nSPS) is 17.4. The summed E-state index contributed by atoms with van der Waals surface area (Å²) in [5.74, 6) is -0.393. The molecule has 2 aromatic rings. The molecule has 0 saturated carbocycles. The molecule has 1 aliphatic heterocycles. The highest BCUT2D eigenvalue weighted by Crippen LogP contribution is 2.44. The van der Waals surface area contributed by atoms with Crippen molar-refractivity contribution in [3.05, 3.63) is 54.1 Å². The predicted octanol–water partition coefficient (Wildman–Crippen LogP) is 2.44. The molecular formula is C18H17NO4S. The number of para-hydroxylation sites is 1. The minimum absolute atomic E-state index is 0.0947. The second kappa shape index (κ2) is 7.07. The van der Waals surface area contributed by atoms with Gasteiger partial charge in [0.15, 0.2) is 0 Å². The Hall–Kier alpha value is -2.31. The number of hydrogen-bond acceptors (Lipinski definition) is 5. The van der Waals surface area contributed by atoms with Crippen LogP contribution in [0.1, 0.15) is 10.8 Å². The summed E-state index contributed by atoms with van der Waals surface area (Å²) in [6, 6.07) is 14.5. The van der Waals surface area contributed by atoms with E-state index in [0.717, 1.165) is 10.5 Å². The predicted molar refractivity (Wildman–Crippen MR) is 92.5 cm³/mol. The standard InChI is InChI=1S/C18H17NO4S/c1-23-13-8-6-12(7-9-13)17-16(21)18(22)19(10-11-20)14-4-2-3-5-15(14)24-17/h2-9,17,20H,10-11H2,1H3. The molecule has 0 radical (unpaired) electrons. The fourth-order valence-electron chi connectivity index (χ4n) is 2.63. The number of benzene rings is 2. The van der Waals surface area contributed by atoms with Gasteiger partial charge in [-0.2, -0.15) is 0 Å². The van der Waals surface area contributed by atoms with E-state index in [1.54, 1.807) is 37.4 Å². The topological polar surface area (TPSA) is 66.8 Å². The van der Waals surface area contributed by atoms with Gasteiger partial charge in [-0.05, 0) is 29.8 Å². The Bertz CT molecular complexity index is 760. The number of β-amino-alcohol motifs (C(OH)–C–C–N with tert-alkyl or cyclic N) is 1. The molecule has 1 amide bonds. The molecule has 3 rings (SSSR count). The Morgan fingerprint density at radius 3 is 2.50 bits per heavy atom. The van der Waals surface area contributed by atoms with Crippen molar-refractivity contribution in [3.8, 4) is 5.75 Å². The Morgan fingerprint density at radius 2 is 1.83 bits per heavy atom. The zero-order valence-electron chi connectivity index (χ0n) is 13.1. The Morgan fingerprint density at radius 1 is 1.12 bits per heavy atom. The van der Waals surface area contributed by atoms with Crippen LogP contribution in [0, 0.1) is 0 Å². The number of aliphatic hydroxyl groups is 1. The highest BCUT2D eigenvalue weighted by atomic mass is 32.2. The van der Waals surface area contributed by atoms with E-state index in [2.05, 4.69) is 0 Å². The largest absolute Gasteiger partial charge is 0.497 e. The van der Waals surface area contributed by atoms with E-state index >= 15 is 0 Å². The van der Waals surface area contributed by atoms with Crippen molar-refractivity contribution < 1.29 is 19.4 Å². The summed E-state index contributed by atoms with van der Waals surface area (Å²) in [5.41, 5.74) is 1.41. The van der Waals surface area contributed by atoms with Crippen LogP contribution in [0.15, 0.2) is 53.4 Å². The Balaban J connectivity index is 2.03. The van der Waals surface area contributed by atoms with Gasteiger partial charge in [-0.15, -0.1) is 11.8 Å². The number of Topliss-reactive ketones (excluding diaryl/α,β-unsaturated/α-hetero) is 1. The molecule has 124 valence electrons. The summed E-state index contributed by atoms with van der Waals surface area (Å²) < 4.78 is 5.14. The van der Waals surface area contributed by atoms with Gasteiger partial charge in [-0.1, -0.05) is 24.3 Å².